The molecule has 0 aromatic carbocycles. The van der Waals surface area contributed by atoms with Crippen molar-refractivity contribution in [1.29, 1.82) is 0 Å². The highest BCUT2D eigenvalue weighted by Gasteiger charge is 2.37. The second-order valence-electron chi connectivity index (χ2n) is 6.61. The molecule has 1 atom stereocenters. The van der Waals surface area contributed by atoms with E-state index in [-0.39, 0.29) is 30.8 Å². The van der Waals surface area contributed by atoms with Crippen molar-refractivity contribution in [3.05, 3.63) is 27.7 Å². The lowest BCUT2D eigenvalue weighted by Gasteiger charge is -2.21. The summed E-state index contributed by atoms with van der Waals surface area (Å²) in [6.07, 6.45) is -1.29. The summed E-state index contributed by atoms with van der Waals surface area (Å²) in [6.45, 7) is 2.49. The van der Waals surface area contributed by atoms with Gasteiger partial charge in [0.15, 0.2) is 0 Å². The number of alkyl halides is 3. The van der Waals surface area contributed by atoms with Crippen molar-refractivity contribution in [2.75, 3.05) is 6.54 Å². The second kappa shape index (κ2) is 6.22. The number of aromatic nitrogens is 2. The van der Waals surface area contributed by atoms with Crippen LogP contribution in [0.25, 0.3) is 0 Å². The van der Waals surface area contributed by atoms with E-state index in [0.29, 0.717) is 12.2 Å². The molecule has 0 unspecified atom stereocenters. The minimum atomic E-state index is -4.71. The zero-order valence-electron chi connectivity index (χ0n) is 13.5. The summed E-state index contributed by atoms with van der Waals surface area (Å²) in [4.78, 5) is 26.0. The van der Waals surface area contributed by atoms with Crippen LogP contribution in [0.3, 0.4) is 0 Å². The van der Waals surface area contributed by atoms with E-state index in [2.05, 4.69) is 5.10 Å². The molecule has 0 spiro atoms. The van der Waals surface area contributed by atoms with Gasteiger partial charge in [0.25, 0.3) is 5.56 Å². The average Bonchev–Trinajstić information content (AvgIpc) is 3.26. The van der Waals surface area contributed by atoms with E-state index in [1.807, 2.05) is 6.92 Å². The minimum Gasteiger partial charge on any atom is -0.340 e. The fourth-order valence-corrected chi connectivity index (χ4v) is 3.14. The van der Waals surface area contributed by atoms with Crippen LogP contribution in [-0.2, 0) is 17.5 Å². The second-order valence-corrected chi connectivity index (χ2v) is 6.61. The van der Waals surface area contributed by atoms with Crippen LogP contribution in [0.15, 0.2) is 10.9 Å². The Kier molecular flexibility index (Phi) is 4.40. The van der Waals surface area contributed by atoms with Gasteiger partial charge in [-0.3, -0.25) is 9.59 Å². The molecule has 2 aliphatic rings. The van der Waals surface area contributed by atoms with Crippen LogP contribution in [0.5, 0.6) is 0 Å². The predicted molar refractivity (Wildman–Crippen MR) is 80.5 cm³/mol. The van der Waals surface area contributed by atoms with Gasteiger partial charge in [-0.2, -0.15) is 18.3 Å². The summed E-state index contributed by atoms with van der Waals surface area (Å²) >= 11 is 0. The Bertz CT molecular complexity index is 695. The third kappa shape index (κ3) is 3.47. The fraction of sp³-hybridized carbons (Fsp3) is 0.688. The smallest absolute Gasteiger partial charge is 0.340 e. The zero-order valence-corrected chi connectivity index (χ0v) is 13.5. The van der Waals surface area contributed by atoms with E-state index >= 15 is 0 Å². The molecule has 0 bridgehead atoms. The number of carbonyl (C=O) groups is 1. The number of carbonyl (C=O) groups excluding carboxylic acids is 1. The maximum absolute atomic E-state index is 13.1. The first-order valence-corrected chi connectivity index (χ1v) is 8.26. The third-order valence-electron chi connectivity index (χ3n) is 4.71. The molecule has 8 heteroatoms. The maximum atomic E-state index is 13.1. The Morgan fingerprint density at radius 2 is 2.04 bits per heavy atom. The van der Waals surface area contributed by atoms with Gasteiger partial charge in [-0.1, -0.05) is 0 Å². The summed E-state index contributed by atoms with van der Waals surface area (Å²) < 4.78 is 40.0. The van der Waals surface area contributed by atoms with Crippen molar-refractivity contribution in [1.82, 2.24) is 14.7 Å². The SMILES string of the molecule is C[C@H]1CCCN1C(=O)CCn1nc(C2CC2)cc(C(F)(F)F)c1=O. The van der Waals surface area contributed by atoms with Crippen LogP contribution >= 0.6 is 0 Å². The molecule has 3 rings (SSSR count). The van der Waals surface area contributed by atoms with Crippen molar-refractivity contribution >= 4 is 5.91 Å². The summed E-state index contributed by atoms with van der Waals surface area (Å²) in [7, 11) is 0. The number of halogens is 3. The highest BCUT2D eigenvalue weighted by Crippen LogP contribution is 2.40. The van der Waals surface area contributed by atoms with Crippen LogP contribution in [0, 0.1) is 0 Å². The summed E-state index contributed by atoms with van der Waals surface area (Å²) in [6, 6.07) is 1.01. The predicted octanol–water partition coefficient (Wildman–Crippen LogP) is 2.54. The molecular weight excluding hydrogens is 323 g/mol. The van der Waals surface area contributed by atoms with E-state index in [1.54, 1.807) is 4.90 Å². The standard InChI is InChI=1S/C16H20F3N3O2/c1-10-3-2-7-21(10)14(23)6-8-22-15(24)12(16(17,18)19)9-13(20-22)11-4-5-11/h9-11H,2-8H2,1H3/t10-/m0/s1. The Morgan fingerprint density at radius 1 is 1.33 bits per heavy atom. The van der Waals surface area contributed by atoms with Crippen LogP contribution in [0.2, 0.25) is 0 Å². The summed E-state index contributed by atoms with van der Waals surface area (Å²) in [5.41, 5.74) is -2.07. The topological polar surface area (TPSA) is 55.2 Å². The molecule has 1 aromatic heterocycles. The molecule has 1 aromatic rings. The minimum absolute atomic E-state index is 0.00717. The Hall–Kier alpha value is -1.86. The third-order valence-corrected chi connectivity index (χ3v) is 4.71. The van der Waals surface area contributed by atoms with Gasteiger partial charge in [0, 0.05) is 24.9 Å². The Labute approximate surface area is 137 Å². The van der Waals surface area contributed by atoms with Crippen LogP contribution in [0.1, 0.15) is 56.2 Å². The van der Waals surface area contributed by atoms with Gasteiger partial charge < -0.3 is 4.90 Å². The molecule has 0 radical (unpaired) electrons. The van der Waals surface area contributed by atoms with Gasteiger partial charge in [0.2, 0.25) is 5.91 Å². The van der Waals surface area contributed by atoms with Gasteiger partial charge in [0.05, 0.1) is 12.2 Å². The number of amides is 1. The van der Waals surface area contributed by atoms with Crippen molar-refractivity contribution in [3.8, 4) is 0 Å². The van der Waals surface area contributed by atoms with E-state index in [0.717, 1.165) is 36.4 Å². The highest BCUT2D eigenvalue weighted by atomic mass is 19.4. The highest BCUT2D eigenvalue weighted by molar-refractivity contribution is 5.76. The number of nitrogens with zero attached hydrogens (tertiary/aromatic N) is 3. The molecule has 132 valence electrons. The molecule has 2 heterocycles. The Balaban J connectivity index is 1.80. The van der Waals surface area contributed by atoms with Crippen molar-refractivity contribution in [3.63, 3.8) is 0 Å². The molecule has 2 fully saturated rings. The molecule has 1 aliphatic heterocycles. The number of likely N-dealkylation sites (tertiary alicyclic amines) is 1. The first kappa shape index (κ1) is 17.0. The maximum Gasteiger partial charge on any atom is 0.421 e. The number of hydrogen-bond donors (Lipinski definition) is 0. The van der Waals surface area contributed by atoms with E-state index in [9.17, 15) is 22.8 Å². The number of hydrogen-bond acceptors (Lipinski definition) is 3. The quantitative estimate of drug-likeness (QED) is 0.844. The largest absolute Gasteiger partial charge is 0.421 e. The lowest BCUT2D eigenvalue weighted by atomic mass is 10.2. The first-order valence-electron chi connectivity index (χ1n) is 8.26. The first-order chi connectivity index (χ1) is 11.3. The number of rotatable bonds is 4. The van der Waals surface area contributed by atoms with Crippen LogP contribution < -0.4 is 5.56 Å². The fourth-order valence-electron chi connectivity index (χ4n) is 3.14. The lowest BCUT2D eigenvalue weighted by Crippen LogP contribution is -2.36. The van der Waals surface area contributed by atoms with E-state index in [1.165, 1.54) is 0 Å². The van der Waals surface area contributed by atoms with E-state index < -0.39 is 17.3 Å². The molecule has 0 N–H and O–H groups in total. The molecule has 1 saturated carbocycles. The average molecular weight is 343 g/mol. The van der Waals surface area contributed by atoms with Gasteiger partial charge in [-0.25, -0.2) is 4.68 Å². The molecule has 1 aliphatic carbocycles. The monoisotopic (exact) mass is 343 g/mol. The summed E-state index contributed by atoms with van der Waals surface area (Å²) in [5, 5.41) is 4.06. The molecular formula is C16H20F3N3O2. The van der Waals surface area contributed by atoms with Crippen LogP contribution in [-0.4, -0.2) is 33.2 Å². The lowest BCUT2D eigenvalue weighted by molar-refractivity contribution is -0.139. The summed E-state index contributed by atoms with van der Waals surface area (Å²) in [5.74, 6) is -0.147. The van der Waals surface area contributed by atoms with Gasteiger partial charge >= 0.3 is 6.18 Å². The van der Waals surface area contributed by atoms with Crippen molar-refractivity contribution in [2.45, 2.75) is 63.7 Å². The van der Waals surface area contributed by atoms with E-state index in [4.69, 9.17) is 0 Å². The molecule has 1 amide bonds. The van der Waals surface area contributed by atoms with Gasteiger partial charge in [-0.05, 0) is 38.7 Å². The zero-order chi connectivity index (χ0) is 17.5. The van der Waals surface area contributed by atoms with Gasteiger partial charge in [-0.15, -0.1) is 0 Å². The number of aryl methyl sites for hydroxylation is 1. The van der Waals surface area contributed by atoms with Gasteiger partial charge in [0.1, 0.15) is 5.56 Å². The normalized spacial score (nSPS) is 21.3. The molecule has 24 heavy (non-hydrogen) atoms. The van der Waals surface area contributed by atoms with Crippen LogP contribution in [0.4, 0.5) is 13.2 Å². The molecule has 1 saturated heterocycles. The Morgan fingerprint density at radius 3 is 2.58 bits per heavy atom. The van der Waals surface area contributed by atoms with Crippen molar-refractivity contribution < 1.29 is 18.0 Å². The molecule has 5 nitrogen and oxygen atoms in total. The van der Waals surface area contributed by atoms with Crippen molar-refractivity contribution in [2.24, 2.45) is 0 Å².